The number of halogens is 9. The molecule has 0 saturated heterocycles. The van der Waals surface area contributed by atoms with Gasteiger partial charge in [0, 0.05) is 6.42 Å². The van der Waals surface area contributed by atoms with E-state index in [9.17, 15) is 39.5 Å². The molecular weight excluding hydrogens is 317 g/mol. The number of alkyl halides is 9. The van der Waals surface area contributed by atoms with Gasteiger partial charge in [0.2, 0.25) is 0 Å². The summed E-state index contributed by atoms with van der Waals surface area (Å²) in [5.74, 6) is -18.7. The van der Waals surface area contributed by atoms with E-state index in [0.29, 0.717) is 19.4 Å². The maximum atomic E-state index is 13.1. The quantitative estimate of drug-likeness (QED) is 0.479. The Balaban J connectivity index is 4.66. The highest BCUT2D eigenvalue weighted by Gasteiger charge is 2.81. The van der Waals surface area contributed by atoms with E-state index in [2.05, 4.69) is 5.32 Å². The number of hydrogen-bond donors (Lipinski definition) is 1. The van der Waals surface area contributed by atoms with Gasteiger partial charge in [-0.05, 0) is 26.4 Å². The Morgan fingerprint density at radius 1 is 0.667 bits per heavy atom. The van der Waals surface area contributed by atoms with E-state index >= 15 is 0 Å². The third kappa shape index (κ3) is 4.65. The molecule has 0 aromatic carbocycles. The number of unbranched alkanes of at least 4 members (excludes halogenated alkanes) is 3. The van der Waals surface area contributed by atoms with Gasteiger partial charge in [-0.3, -0.25) is 0 Å². The van der Waals surface area contributed by atoms with Crippen molar-refractivity contribution < 1.29 is 39.5 Å². The van der Waals surface area contributed by atoms with Gasteiger partial charge in [-0.1, -0.05) is 12.8 Å². The average molecular weight is 333 g/mol. The molecule has 0 aliphatic heterocycles. The van der Waals surface area contributed by atoms with E-state index in [1.54, 1.807) is 7.05 Å². The molecule has 0 fully saturated rings. The van der Waals surface area contributed by atoms with Crippen molar-refractivity contribution in [2.75, 3.05) is 13.6 Å². The van der Waals surface area contributed by atoms with Crippen LogP contribution < -0.4 is 5.32 Å². The van der Waals surface area contributed by atoms with E-state index in [0.717, 1.165) is 0 Å². The SMILES string of the molecule is CNCCCCCCC(F)(F)C(F)(F)C(F)(F)C(F)(F)F. The van der Waals surface area contributed by atoms with Crippen LogP contribution in [0.4, 0.5) is 39.5 Å². The fourth-order valence-electron chi connectivity index (χ4n) is 1.57. The zero-order chi connectivity index (χ0) is 16.9. The summed E-state index contributed by atoms with van der Waals surface area (Å²) in [5.41, 5.74) is 0. The van der Waals surface area contributed by atoms with Crippen molar-refractivity contribution in [3.8, 4) is 0 Å². The molecule has 1 N–H and O–H groups in total. The Bertz CT molecular complexity index is 311. The molecule has 0 aliphatic rings. The minimum absolute atomic E-state index is 0.0327. The summed E-state index contributed by atoms with van der Waals surface area (Å²) in [7, 11) is 1.63. The molecule has 1 nitrogen and oxygen atoms in total. The molecule has 0 spiro atoms. The zero-order valence-electron chi connectivity index (χ0n) is 11.1. The standard InChI is InChI=1S/C11H16F9N/c1-21-7-5-3-2-4-6-8(12,13)9(14,15)10(16,17)11(18,19)20/h21H,2-7H2,1H3. The van der Waals surface area contributed by atoms with Gasteiger partial charge in [0.05, 0.1) is 0 Å². The highest BCUT2D eigenvalue weighted by Crippen LogP contribution is 2.54. The van der Waals surface area contributed by atoms with Crippen molar-refractivity contribution in [1.29, 1.82) is 0 Å². The molecule has 0 amide bonds. The van der Waals surface area contributed by atoms with Gasteiger partial charge in [-0.15, -0.1) is 0 Å². The Morgan fingerprint density at radius 2 is 1.14 bits per heavy atom. The molecule has 0 unspecified atom stereocenters. The van der Waals surface area contributed by atoms with Crippen LogP contribution in [-0.2, 0) is 0 Å². The second kappa shape index (κ2) is 7.06. The van der Waals surface area contributed by atoms with Crippen molar-refractivity contribution in [2.24, 2.45) is 0 Å². The molecule has 21 heavy (non-hydrogen) atoms. The summed E-state index contributed by atoms with van der Waals surface area (Å²) in [4.78, 5) is 0. The summed E-state index contributed by atoms with van der Waals surface area (Å²) in [6.07, 6.45) is -8.08. The molecule has 0 aliphatic carbocycles. The van der Waals surface area contributed by atoms with Gasteiger partial charge in [-0.2, -0.15) is 39.5 Å². The van der Waals surface area contributed by atoms with Gasteiger partial charge >= 0.3 is 23.9 Å². The van der Waals surface area contributed by atoms with Crippen LogP contribution in [0.2, 0.25) is 0 Å². The lowest BCUT2D eigenvalue weighted by molar-refractivity contribution is -0.396. The van der Waals surface area contributed by atoms with Crippen LogP contribution in [0.3, 0.4) is 0 Å². The third-order valence-electron chi connectivity index (χ3n) is 2.88. The minimum Gasteiger partial charge on any atom is -0.320 e. The number of hydrogen-bond acceptors (Lipinski definition) is 1. The smallest absolute Gasteiger partial charge is 0.320 e. The van der Waals surface area contributed by atoms with Crippen molar-refractivity contribution in [1.82, 2.24) is 5.32 Å². The summed E-state index contributed by atoms with van der Waals surface area (Å²) >= 11 is 0. The average Bonchev–Trinajstić information content (AvgIpc) is 2.31. The molecule has 0 aromatic heterocycles. The van der Waals surface area contributed by atoms with E-state index < -0.39 is 36.8 Å². The summed E-state index contributed by atoms with van der Waals surface area (Å²) in [6, 6.07) is 0. The summed E-state index contributed by atoms with van der Waals surface area (Å²) in [6.45, 7) is 0.554. The lowest BCUT2D eigenvalue weighted by Gasteiger charge is -2.33. The molecule has 0 heterocycles. The first-order chi connectivity index (χ1) is 9.31. The predicted molar refractivity (Wildman–Crippen MR) is 57.9 cm³/mol. The van der Waals surface area contributed by atoms with Gasteiger partial charge in [0.1, 0.15) is 0 Å². The van der Waals surface area contributed by atoms with Crippen molar-refractivity contribution in [2.45, 2.75) is 56.0 Å². The lowest BCUT2D eigenvalue weighted by atomic mass is 9.98. The second-order valence-corrected chi connectivity index (χ2v) is 4.62. The van der Waals surface area contributed by atoms with Crippen LogP contribution in [0.5, 0.6) is 0 Å². The zero-order valence-corrected chi connectivity index (χ0v) is 11.1. The van der Waals surface area contributed by atoms with Crippen LogP contribution in [0.15, 0.2) is 0 Å². The molecule has 0 rings (SSSR count). The van der Waals surface area contributed by atoms with E-state index in [1.807, 2.05) is 0 Å². The van der Waals surface area contributed by atoms with Gasteiger partial charge in [0.15, 0.2) is 0 Å². The van der Waals surface area contributed by atoms with Crippen molar-refractivity contribution in [3.05, 3.63) is 0 Å². The summed E-state index contributed by atoms with van der Waals surface area (Å²) < 4.78 is 112. The minimum atomic E-state index is -6.78. The van der Waals surface area contributed by atoms with Crippen molar-refractivity contribution in [3.63, 3.8) is 0 Å². The Kier molecular flexibility index (Phi) is 6.83. The molecule has 0 aromatic rings. The lowest BCUT2D eigenvalue weighted by Crippen LogP contribution is -2.60. The van der Waals surface area contributed by atoms with Gasteiger partial charge in [-0.25, -0.2) is 0 Å². The van der Waals surface area contributed by atoms with Crippen molar-refractivity contribution >= 4 is 0 Å². The van der Waals surface area contributed by atoms with Crippen LogP contribution in [0.1, 0.15) is 32.1 Å². The van der Waals surface area contributed by atoms with E-state index in [4.69, 9.17) is 0 Å². The Labute approximate surface area is 115 Å². The van der Waals surface area contributed by atoms with Crippen LogP contribution in [-0.4, -0.2) is 37.5 Å². The Morgan fingerprint density at radius 3 is 1.57 bits per heavy atom. The maximum Gasteiger partial charge on any atom is 0.460 e. The highest BCUT2D eigenvalue weighted by molar-refractivity contribution is 5.00. The first kappa shape index (κ1) is 20.3. The fourth-order valence-corrected chi connectivity index (χ4v) is 1.57. The fraction of sp³-hybridized carbons (Fsp3) is 1.00. The number of rotatable bonds is 9. The Hall–Kier alpha value is -0.670. The normalized spacial score (nSPS) is 14.6. The highest BCUT2D eigenvalue weighted by atomic mass is 19.4. The molecular formula is C11H16F9N. The predicted octanol–water partition coefficient (Wildman–Crippen LogP) is 4.62. The van der Waals surface area contributed by atoms with Gasteiger partial charge in [0.25, 0.3) is 0 Å². The largest absolute Gasteiger partial charge is 0.460 e. The molecule has 0 saturated carbocycles. The first-order valence-electron chi connectivity index (χ1n) is 6.16. The first-order valence-corrected chi connectivity index (χ1v) is 6.16. The monoisotopic (exact) mass is 333 g/mol. The van der Waals surface area contributed by atoms with Crippen LogP contribution in [0, 0.1) is 0 Å². The van der Waals surface area contributed by atoms with Gasteiger partial charge < -0.3 is 5.32 Å². The third-order valence-corrected chi connectivity index (χ3v) is 2.88. The van der Waals surface area contributed by atoms with Crippen LogP contribution >= 0.6 is 0 Å². The topological polar surface area (TPSA) is 12.0 Å². The maximum absolute atomic E-state index is 13.1. The second-order valence-electron chi connectivity index (χ2n) is 4.62. The molecule has 0 radical (unpaired) electrons. The van der Waals surface area contributed by atoms with Crippen LogP contribution in [0.25, 0.3) is 0 Å². The molecule has 0 bridgehead atoms. The molecule has 128 valence electrons. The summed E-state index contributed by atoms with van der Waals surface area (Å²) in [5, 5.41) is 2.74. The molecule has 10 heteroatoms. The number of nitrogens with one attached hydrogen (secondary N) is 1. The van der Waals surface area contributed by atoms with E-state index in [-0.39, 0.29) is 6.42 Å². The molecule has 0 atom stereocenters. The van der Waals surface area contributed by atoms with E-state index in [1.165, 1.54) is 0 Å².